The predicted octanol–water partition coefficient (Wildman–Crippen LogP) is 2.83. The fourth-order valence-electron chi connectivity index (χ4n) is 2.07. The number of nitrogens with zero attached hydrogens (tertiary/aromatic N) is 3. The zero-order valence-electron chi connectivity index (χ0n) is 11.7. The van der Waals surface area contributed by atoms with Crippen LogP contribution in [0.5, 0.6) is 5.75 Å². The molecule has 0 aliphatic carbocycles. The minimum absolute atomic E-state index is 0.222. The molecule has 23 heavy (non-hydrogen) atoms. The number of fused-ring (bicyclic) bond motifs is 1. The van der Waals surface area contributed by atoms with Crippen LogP contribution in [0, 0.1) is 0 Å². The van der Waals surface area contributed by atoms with Crippen molar-refractivity contribution in [1.29, 1.82) is 0 Å². The third-order valence-electron chi connectivity index (χ3n) is 2.96. The normalized spacial score (nSPS) is 11.7. The number of imidazole rings is 1. The third kappa shape index (κ3) is 3.51. The second-order valence-corrected chi connectivity index (χ2v) is 4.64. The highest BCUT2D eigenvalue weighted by Crippen LogP contribution is 2.27. The van der Waals surface area contributed by atoms with Gasteiger partial charge in [0, 0.05) is 36.9 Å². The van der Waals surface area contributed by atoms with E-state index in [9.17, 15) is 13.2 Å². The summed E-state index contributed by atoms with van der Waals surface area (Å²) in [5, 5.41) is 2.94. The maximum absolute atomic E-state index is 12.3. The van der Waals surface area contributed by atoms with Gasteiger partial charge in [-0.3, -0.25) is 0 Å². The van der Waals surface area contributed by atoms with Gasteiger partial charge in [-0.25, -0.2) is 9.97 Å². The molecule has 3 aromatic rings. The van der Waals surface area contributed by atoms with Crippen molar-refractivity contribution in [2.45, 2.75) is 12.9 Å². The summed E-state index contributed by atoms with van der Waals surface area (Å²) in [5.41, 5.74) is 7.13. The Morgan fingerprint density at radius 2 is 2.13 bits per heavy atom. The number of hydrogen-bond donors (Lipinski definition) is 2. The molecule has 0 fully saturated rings. The van der Waals surface area contributed by atoms with Gasteiger partial charge < -0.3 is 20.2 Å². The lowest BCUT2D eigenvalue weighted by molar-refractivity contribution is -0.274. The van der Waals surface area contributed by atoms with E-state index in [0.29, 0.717) is 22.8 Å². The first-order chi connectivity index (χ1) is 10.9. The predicted molar refractivity (Wildman–Crippen MR) is 77.3 cm³/mol. The number of halogens is 3. The molecule has 0 radical (unpaired) electrons. The van der Waals surface area contributed by atoms with Gasteiger partial charge in [0.05, 0.1) is 5.69 Å². The van der Waals surface area contributed by atoms with E-state index in [1.807, 2.05) is 0 Å². The van der Waals surface area contributed by atoms with Gasteiger partial charge in [0.1, 0.15) is 5.75 Å². The van der Waals surface area contributed by atoms with Crippen molar-refractivity contribution < 1.29 is 17.9 Å². The molecule has 2 aromatic heterocycles. The van der Waals surface area contributed by atoms with Gasteiger partial charge in [0.2, 0.25) is 0 Å². The van der Waals surface area contributed by atoms with E-state index < -0.39 is 6.36 Å². The molecule has 0 saturated heterocycles. The molecular weight excluding hydrogens is 311 g/mol. The smallest absolute Gasteiger partial charge is 0.406 e. The summed E-state index contributed by atoms with van der Waals surface area (Å²) in [6, 6.07) is 5.48. The number of benzene rings is 1. The van der Waals surface area contributed by atoms with E-state index in [0.717, 1.165) is 0 Å². The maximum Gasteiger partial charge on any atom is 0.573 e. The van der Waals surface area contributed by atoms with E-state index in [4.69, 9.17) is 5.73 Å². The molecule has 0 spiro atoms. The Kier molecular flexibility index (Phi) is 3.78. The summed E-state index contributed by atoms with van der Waals surface area (Å²) in [7, 11) is 0. The van der Waals surface area contributed by atoms with Crippen molar-refractivity contribution >= 4 is 17.2 Å². The highest BCUT2D eigenvalue weighted by atomic mass is 19.4. The third-order valence-corrected chi connectivity index (χ3v) is 2.96. The summed E-state index contributed by atoms with van der Waals surface area (Å²) in [6.07, 6.45) is 0.305. The molecule has 2 heterocycles. The SMILES string of the molecule is NCc1cn2ccnc2c(Nc2cccc(OC(F)(F)F)c2)n1. The van der Waals surface area contributed by atoms with E-state index >= 15 is 0 Å². The standard InChI is InChI=1S/C14H12F3N5O/c15-14(16,17)23-11-3-1-2-9(6-11)20-12-13-19-4-5-22(13)8-10(7-18)21-12/h1-6,8H,7,18H2,(H,20,21). The van der Waals surface area contributed by atoms with Crippen LogP contribution in [0.25, 0.3) is 5.65 Å². The van der Waals surface area contributed by atoms with Crippen molar-refractivity contribution in [3.8, 4) is 5.75 Å². The summed E-state index contributed by atoms with van der Waals surface area (Å²) in [6.45, 7) is 0.222. The largest absolute Gasteiger partial charge is 0.573 e. The van der Waals surface area contributed by atoms with Gasteiger partial charge in [-0.1, -0.05) is 6.07 Å². The molecule has 1 aromatic carbocycles. The molecule has 120 valence electrons. The number of aromatic nitrogens is 3. The fourth-order valence-corrected chi connectivity index (χ4v) is 2.07. The van der Waals surface area contributed by atoms with Crippen molar-refractivity contribution in [1.82, 2.24) is 14.4 Å². The van der Waals surface area contributed by atoms with Crippen molar-refractivity contribution in [2.24, 2.45) is 5.73 Å². The van der Waals surface area contributed by atoms with Crippen LogP contribution >= 0.6 is 0 Å². The number of anilines is 2. The molecule has 0 aliphatic heterocycles. The van der Waals surface area contributed by atoms with Crippen molar-refractivity contribution in [3.63, 3.8) is 0 Å². The summed E-state index contributed by atoms with van der Waals surface area (Å²) in [5.74, 6) is 0.0685. The second-order valence-electron chi connectivity index (χ2n) is 4.64. The van der Waals surface area contributed by atoms with Crippen LogP contribution in [-0.4, -0.2) is 20.7 Å². The quantitative estimate of drug-likeness (QED) is 0.772. The minimum atomic E-state index is -4.74. The molecule has 3 N–H and O–H groups in total. The van der Waals surface area contributed by atoms with Gasteiger partial charge in [-0.2, -0.15) is 0 Å². The van der Waals surface area contributed by atoms with Crippen molar-refractivity contribution in [3.05, 3.63) is 48.5 Å². The monoisotopic (exact) mass is 323 g/mol. The van der Waals surface area contributed by atoms with E-state index in [-0.39, 0.29) is 12.3 Å². The number of alkyl halides is 3. The number of ether oxygens (including phenoxy) is 1. The Balaban J connectivity index is 1.93. The zero-order chi connectivity index (χ0) is 16.4. The highest BCUT2D eigenvalue weighted by molar-refractivity contribution is 5.70. The van der Waals surface area contributed by atoms with Crippen LogP contribution in [0.2, 0.25) is 0 Å². The van der Waals surface area contributed by atoms with Crippen LogP contribution in [0.3, 0.4) is 0 Å². The average Bonchev–Trinajstić information content (AvgIpc) is 2.94. The van der Waals surface area contributed by atoms with Crippen LogP contribution in [-0.2, 0) is 6.54 Å². The van der Waals surface area contributed by atoms with E-state index in [2.05, 4.69) is 20.0 Å². The summed E-state index contributed by atoms with van der Waals surface area (Å²) >= 11 is 0. The number of hydrogen-bond acceptors (Lipinski definition) is 5. The highest BCUT2D eigenvalue weighted by Gasteiger charge is 2.31. The zero-order valence-corrected chi connectivity index (χ0v) is 11.7. The average molecular weight is 323 g/mol. The Hall–Kier alpha value is -2.81. The fraction of sp³-hybridized carbons (Fsp3) is 0.143. The van der Waals surface area contributed by atoms with Gasteiger partial charge in [0.15, 0.2) is 11.5 Å². The minimum Gasteiger partial charge on any atom is -0.406 e. The summed E-state index contributed by atoms with van der Waals surface area (Å²) in [4.78, 5) is 8.47. The Morgan fingerprint density at radius 3 is 2.87 bits per heavy atom. The van der Waals surface area contributed by atoms with Crippen LogP contribution in [0.4, 0.5) is 24.7 Å². The first kappa shape index (κ1) is 15.1. The Bertz CT molecular complexity index is 831. The lowest BCUT2D eigenvalue weighted by Crippen LogP contribution is -2.17. The number of nitrogens with two attached hydrogens (primary N) is 1. The molecule has 0 saturated carbocycles. The molecule has 6 nitrogen and oxygen atoms in total. The van der Waals surface area contributed by atoms with Crippen LogP contribution < -0.4 is 15.8 Å². The lowest BCUT2D eigenvalue weighted by atomic mass is 10.3. The molecule has 0 unspecified atom stereocenters. The van der Waals surface area contributed by atoms with Crippen molar-refractivity contribution in [2.75, 3.05) is 5.32 Å². The molecule has 9 heteroatoms. The Morgan fingerprint density at radius 1 is 1.30 bits per heavy atom. The first-order valence-corrected chi connectivity index (χ1v) is 6.60. The van der Waals surface area contributed by atoms with E-state index in [1.165, 1.54) is 18.2 Å². The topological polar surface area (TPSA) is 77.5 Å². The van der Waals surface area contributed by atoms with Crippen LogP contribution in [0.1, 0.15) is 5.69 Å². The first-order valence-electron chi connectivity index (χ1n) is 6.60. The molecule has 0 bridgehead atoms. The van der Waals surface area contributed by atoms with Gasteiger partial charge in [-0.15, -0.1) is 13.2 Å². The van der Waals surface area contributed by atoms with Gasteiger partial charge >= 0.3 is 6.36 Å². The lowest BCUT2D eigenvalue weighted by Gasteiger charge is -2.12. The molecule has 3 rings (SSSR count). The number of rotatable bonds is 4. The van der Waals surface area contributed by atoms with E-state index in [1.54, 1.807) is 29.1 Å². The molecule has 0 amide bonds. The van der Waals surface area contributed by atoms with Gasteiger partial charge in [-0.05, 0) is 12.1 Å². The molecule has 0 atom stereocenters. The molecular formula is C14H12F3N5O. The maximum atomic E-state index is 12.3. The Labute approximate surface area is 128 Å². The molecule has 0 aliphatic rings. The van der Waals surface area contributed by atoms with Gasteiger partial charge in [0.25, 0.3) is 0 Å². The second kappa shape index (κ2) is 5.76. The number of nitrogens with one attached hydrogen (secondary N) is 1. The van der Waals surface area contributed by atoms with Crippen LogP contribution in [0.15, 0.2) is 42.9 Å². The summed E-state index contributed by atoms with van der Waals surface area (Å²) < 4.78 is 42.5.